The van der Waals surface area contributed by atoms with Crippen molar-refractivity contribution in [1.82, 2.24) is 14.9 Å². The second kappa shape index (κ2) is 6.28. The SMILES string of the molecule is CCCCNC(=O)Nc1ccc2ccc3c(nc(C)n3C)c2c1. The summed E-state index contributed by atoms with van der Waals surface area (Å²) in [6, 6.07) is 9.93. The minimum absolute atomic E-state index is 0.165. The van der Waals surface area contributed by atoms with Gasteiger partial charge in [0.1, 0.15) is 5.82 Å². The molecule has 5 heteroatoms. The molecule has 5 nitrogen and oxygen atoms in total. The van der Waals surface area contributed by atoms with Crippen LogP contribution in [0.5, 0.6) is 0 Å². The molecule has 1 heterocycles. The number of aromatic nitrogens is 2. The summed E-state index contributed by atoms with van der Waals surface area (Å²) in [5.41, 5.74) is 2.85. The number of carbonyl (C=O) groups excluding carboxylic acids is 1. The van der Waals surface area contributed by atoms with Crippen molar-refractivity contribution in [3.8, 4) is 0 Å². The maximum atomic E-state index is 11.9. The van der Waals surface area contributed by atoms with E-state index in [4.69, 9.17) is 0 Å². The van der Waals surface area contributed by atoms with Gasteiger partial charge < -0.3 is 15.2 Å². The van der Waals surface area contributed by atoms with E-state index in [1.807, 2.05) is 32.2 Å². The molecular weight excluding hydrogens is 288 g/mol. The Bertz CT molecular complexity index is 866. The minimum Gasteiger partial charge on any atom is -0.338 e. The maximum absolute atomic E-state index is 11.9. The topological polar surface area (TPSA) is 59.0 Å². The Hall–Kier alpha value is -2.56. The first kappa shape index (κ1) is 15.3. The van der Waals surface area contributed by atoms with Crippen LogP contribution in [0.25, 0.3) is 21.8 Å². The van der Waals surface area contributed by atoms with Gasteiger partial charge in [0, 0.05) is 24.7 Å². The molecule has 0 radical (unpaired) electrons. The van der Waals surface area contributed by atoms with Crippen LogP contribution in [-0.2, 0) is 7.05 Å². The molecule has 0 aliphatic heterocycles. The molecule has 2 amide bonds. The third-order valence-electron chi connectivity index (χ3n) is 4.17. The third kappa shape index (κ3) is 2.99. The molecule has 3 aromatic rings. The highest BCUT2D eigenvalue weighted by molar-refractivity contribution is 6.06. The zero-order chi connectivity index (χ0) is 16.4. The monoisotopic (exact) mass is 310 g/mol. The van der Waals surface area contributed by atoms with Crippen LogP contribution in [0.3, 0.4) is 0 Å². The van der Waals surface area contributed by atoms with E-state index in [2.05, 4.69) is 39.2 Å². The standard InChI is InChI=1S/C18H22N4O/c1-4-5-10-19-18(23)21-14-8-6-13-7-9-16-17(15(13)11-14)20-12(2)22(16)3/h6-9,11H,4-5,10H2,1-3H3,(H2,19,21,23). The average molecular weight is 310 g/mol. The van der Waals surface area contributed by atoms with Gasteiger partial charge in [-0.25, -0.2) is 9.78 Å². The summed E-state index contributed by atoms with van der Waals surface area (Å²) in [4.78, 5) is 16.6. The molecule has 0 unspecified atom stereocenters. The van der Waals surface area contributed by atoms with Crippen molar-refractivity contribution in [1.29, 1.82) is 0 Å². The van der Waals surface area contributed by atoms with Crippen LogP contribution in [0.2, 0.25) is 0 Å². The Labute approximate surface area is 135 Å². The second-order valence-corrected chi connectivity index (χ2v) is 5.82. The molecule has 2 N–H and O–H groups in total. The van der Waals surface area contributed by atoms with Crippen LogP contribution in [-0.4, -0.2) is 22.1 Å². The number of amides is 2. The van der Waals surface area contributed by atoms with Gasteiger partial charge in [-0.3, -0.25) is 0 Å². The van der Waals surface area contributed by atoms with Crippen molar-refractivity contribution < 1.29 is 4.79 Å². The van der Waals surface area contributed by atoms with Crippen LogP contribution >= 0.6 is 0 Å². The van der Waals surface area contributed by atoms with E-state index in [1.54, 1.807) is 0 Å². The van der Waals surface area contributed by atoms with Crippen molar-refractivity contribution in [2.75, 3.05) is 11.9 Å². The van der Waals surface area contributed by atoms with E-state index in [0.29, 0.717) is 6.54 Å². The van der Waals surface area contributed by atoms with E-state index in [9.17, 15) is 4.79 Å². The van der Waals surface area contributed by atoms with Gasteiger partial charge in [-0.2, -0.15) is 0 Å². The number of nitrogens with one attached hydrogen (secondary N) is 2. The molecule has 1 aromatic heterocycles. The number of anilines is 1. The van der Waals surface area contributed by atoms with Gasteiger partial charge in [0.05, 0.1) is 11.0 Å². The van der Waals surface area contributed by atoms with E-state index >= 15 is 0 Å². The van der Waals surface area contributed by atoms with E-state index in [-0.39, 0.29) is 6.03 Å². The number of aryl methyl sites for hydroxylation is 2. The molecule has 0 saturated carbocycles. The molecule has 0 saturated heterocycles. The number of benzene rings is 2. The van der Waals surface area contributed by atoms with Crippen molar-refractivity contribution >= 4 is 33.5 Å². The summed E-state index contributed by atoms with van der Waals surface area (Å²) in [5.74, 6) is 0.975. The van der Waals surface area contributed by atoms with Crippen LogP contribution in [0.4, 0.5) is 10.5 Å². The van der Waals surface area contributed by atoms with Gasteiger partial charge in [-0.1, -0.05) is 25.5 Å². The smallest absolute Gasteiger partial charge is 0.319 e. The van der Waals surface area contributed by atoms with Gasteiger partial charge >= 0.3 is 6.03 Å². The predicted molar refractivity (Wildman–Crippen MR) is 94.9 cm³/mol. The fourth-order valence-corrected chi connectivity index (χ4v) is 2.72. The molecule has 0 fully saturated rings. The molecule has 0 spiro atoms. The number of hydrogen-bond donors (Lipinski definition) is 2. The van der Waals surface area contributed by atoms with Crippen molar-refractivity contribution in [2.24, 2.45) is 7.05 Å². The minimum atomic E-state index is -0.165. The summed E-state index contributed by atoms with van der Waals surface area (Å²) in [5, 5.41) is 7.93. The van der Waals surface area contributed by atoms with Crippen LogP contribution in [0.15, 0.2) is 30.3 Å². The lowest BCUT2D eigenvalue weighted by molar-refractivity contribution is 0.252. The highest BCUT2D eigenvalue weighted by atomic mass is 16.2. The number of imidazole rings is 1. The van der Waals surface area contributed by atoms with Crippen LogP contribution in [0, 0.1) is 6.92 Å². The Kier molecular flexibility index (Phi) is 4.19. The quantitative estimate of drug-likeness (QED) is 0.717. The first-order chi connectivity index (χ1) is 11.1. The fourth-order valence-electron chi connectivity index (χ4n) is 2.72. The van der Waals surface area contributed by atoms with Gasteiger partial charge in [0.15, 0.2) is 0 Å². The number of unbranched alkanes of at least 4 members (excludes halogenated alkanes) is 1. The highest BCUT2D eigenvalue weighted by Crippen LogP contribution is 2.27. The van der Waals surface area contributed by atoms with Gasteiger partial charge in [-0.05, 0) is 36.9 Å². The number of rotatable bonds is 4. The van der Waals surface area contributed by atoms with E-state index in [1.165, 1.54) is 0 Å². The summed E-state index contributed by atoms with van der Waals surface area (Å²) in [6.45, 7) is 4.79. The lowest BCUT2D eigenvalue weighted by Gasteiger charge is -2.08. The molecule has 0 aliphatic rings. The molecule has 2 aromatic carbocycles. The highest BCUT2D eigenvalue weighted by Gasteiger charge is 2.09. The Morgan fingerprint density at radius 2 is 2.04 bits per heavy atom. The summed E-state index contributed by atoms with van der Waals surface area (Å²) >= 11 is 0. The number of hydrogen-bond acceptors (Lipinski definition) is 2. The second-order valence-electron chi connectivity index (χ2n) is 5.82. The summed E-state index contributed by atoms with van der Waals surface area (Å²) < 4.78 is 2.08. The Morgan fingerprint density at radius 3 is 2.83 bits per heavy atom. The van der Waals surface area contributed by atoms with E-state index < -0.39 is 0 Å². The summed E-state index contributed by atoms with van der Waals surface area (Å²) in [7, 11) is 2.01. The van der Waals surface area contributed by atoms with Gasteiger partial charge in [0.25, 0.3) is 0 Å². The fraction of sp³-hybridized carbons (Fsp3) is 0.333. The van der Waals surface area contributed by atoms with Crippen molar-refractivity contribution in [3.05, 3.63) is 36.2 Å². The van der Waals surface area contributed by atoms with Crippen LogP contribution in [0.1, 0.15) is 25.6 Å². The number of urea groups is 1. The largest absolute Gasteiger partial charge is 0.338 e. The van der Waals surface area contributed by atoms with E-state index in [0.717, 1.165) is 46.2 Å². The third-order valence-corrected chi connectivity index (χ3v) is 4.17. The van der Waals surface area contributed by atoms with Gasteiger partial charge in [0.2, 0.25) is 0 Å². The Balaban J connectivity index is 1.92. The summed E-state index contributed by atoms with van der Waals surface area (Å²) in [6.07, 6.45) is 2.05. The molecule has 23 heavy (non-hydrogen) atoms. The normalized spacial score (nSPS) is 11.1. The molecule has 0 atom stereocenters. The van der Waals surface area contributed by atoms with Crippen LogP contribution < -0.4 is 10.6 Å². The zero-order valence-electron chi connectivity index (χ0n) is 13.8. The lowest BCUT2D eigenvalue weighted by Crippen LogP contribution is -2.29. The zero-order valence-corrected chi connectivity index (χ0v) is 13.8. The van der Waals surface area contributed by atoms with Crippen molar-refractivity contribution in [3.63, 3.8) is 0 Å². The van der Waals surface area contributed by atoms with Gasteiger partial charge in [-0.15, -0.1) is 0 Å². The molecular formula is C18H22N4O. The van der Waals surface area contributed by atoms with Crippen molar-refractivity contribution in [2.45, 2.75) is 26.7 Å². The molecule has 3 rings (SSSR count). The molecule has 0 aliphatic carbocycles. The number of fused-ring (bicyclic) bond motifs is 3. The number of carbonyl (C=O) groups is 1. The Morgan fingerprint density at radius 1 is 1.26 bits per heavy atom. The lowest BCUT2D eigenvalue weighted by atomic mass is 10.1. The first-order valence-corrected chi connectivity index (χ1v) is 8.01. The molecule has 0 bridgehead atoms. The maximum Gasteiger partial charge on any atom is 0.319 e. The first-order valence-electron chi connectivity index (χ1n) is 8.01. The average Bonchev–Trinajstić information content (AvgIpc) is 2.83. The predicted octanol–water partition coefficient (Wildman–Crippen LogP) is 3.96. The number of nitrogens with zero attached hydrogens (tertiary/aromatic N) is 2. The molecule has 120 valence electrons.